The predicted octanol–water partition coefficient (Wildman–Crippen LogP) is 8.25. The first kappa shape index (κ1) is 27.7. The molecule has 0 aliphatic heterocycles. The molecule has 0 spiro atoms. The minimum atomic E-state index is -1.20. The van der Waals surface area contributed by atoms with Gasteiger partial charge in [-0.05, 0) is 64.2 Å². The number of rotatable bonds is 5. The molecule has 32 heavy (non-hydrogen) atoms. The Morgan fingerprint density at radius 3 is 1.62 bits per heavy atom. The second-order valence-electron chi connectivity index (χ2n) is 10.2. The molecule has 0 bridgehead atoms. The van der Waals surface area contributed by atoms with E-state index in [4.69, 9.17) is 0 Å². The van der Waals surface area contributed by atoms with Crippen LogP contribution >= 0.6 is 15.7 Å². The van der Waals surface area contributed by atoms with Crippen molar-refractivity contribution in [3.8, 4) is 0 Å². The van der Waals surface area contributed by atoms with Crippen molar-refractivity contribution >= 4 is 26.3 Å². The van der Waals surface area contributed by atoms with E-state index < -0.39 is 15.7 Å². The van der Waals surface area contributed by atoms with Gasteiger partial charge in [-0.1, -0.05) is 104 Å². The summed E-state index contributed by atoms with van der Waals surface area (Å²) in [7, 11) is -1.64. The van der Waals surface area contributed by atoms with Crippen molar-refractivity contribution in [3.63, 3.8) is 0 Å². The van der Waals surface area contributed by atoms with Gasteiger partial charge >= 0.3 is 7.80 Å². The second kappa shape index (κ2) is 13.4. The van der Waals surface area contributed by atoms with Gasteiger partial charge in [0.05, 0.1) is 0 Å². The van der Waals surface area contributed by atoms with Crippen LogP contribution in [-0.4, -0.2) is 16.5 Å². The minimum absolute atomic E-state index is 0. The summed E-state index contributed by atoms with van der Waals surface area (Å²) in [5, 5.41) is 2.79. The summed E-state index contributed by atoms with van der Waals surface area (Å²) in [4.78, 5) is 0. The Balaban J connectivity index is 0.000000534. The van der Waals surface area contributed by atoms with E-state index >= 15 is 0 Å². The van der Waals surface area contributed by atoms with Crippen LogP contribution in [0.5, 0.6) is 0 Å². The molecular formula is C28H41FeOP2+. The fourth-order valence-electron chi connectivity index (χ4n) is 5.19. The molecular weight excluding hydrogens is 470 g/mol. The van der Waals surface area contributed by atoms with E-state index in [1.807, 2.05) is 0 Å². The number of benzene rings is 2. The van der Waals surface area contributed by atoms with Crippen molar-refractivity contribution in [2.75, 3.05) is 0 Å². The number of hydrogen-bond acceptors (Lipinski definition) is 1. The van der Waals surface area contributed by atoms with Gasteiger partial charge in [0.1, 0.15) is 0 Å². The van der Waals surface area contributed by atoms with Crippen LogP contribution < -0.4 is 10.6 Å². The van der Waals surface area contributed by atoms with Crippen molar-refractivity contribution in [2.45, 2.75) is 95.5 Å². The van der Waals surface area contributed by atoms with Crippen LogP contribution in [0.1, 0.15) is 79.1 Å². The second-order valence-corrected chi connectivity index (χ2v) is 15.5. The molecule has 4 heteroatoms. The van der Waals surface area contributed by atoms with E-state index in [1.165, 1.54) is 55.6 Å². The first-order chi connectivity index (χ1) is 14.9. The van der Waals surface area contributed by atoms with Gasteiger partial charge in [0, 0.05) is 23.0 Å². The van der Waals surface area contributed by atoms with E-state index in [0.29, 0.717) is 17.2 Å². The zero-order valence-corrected chi connectivity index (χ0v) is 23.2. The summed E-state index contributed by atoms with van der Waals surface area (Å²) in [6.07, 6.45) is 11.1. The third kappa shape index (κ3) is 7.50. The fourth-order valence-corrected chi connectivity index (χ4v) is 10.5. The van der Waals surface area contributed by atoms with E-state index in [0.717, 1.165) is 6.42 Å². The molecule has 4 rings (SSSR count). The molecule has 0 aromatic heterocycles. The predicted molar refractivity (Wildman–Crippen MR) is 140 cm³/mol. The maximum atomic E-state index is 13.2. The van der Waals surface area contributed by atoms with Gasteiger partial charge in [-0.3, -0.25) is 0 Å². The minimum Gasteiger partial charge on any atom is -0.0739 e. The van der Waals surface area contributed by atoms with Crippen LogP contribution in [0.3, 0.4) is 0 Å². The molecule has 2 fully saturated rings. The summed E-state index contributed by atoms with van der Waals surface area (Å²) in [5.74, 6) is 0.560. The van der Waals surface area contributed by atoms with Crippen LogP contribution in [-0.2, 0) is 21.6 Å². The van der Waals surface area contributed by atoms with Crippen LogP contribution in [0.2, 0.25) is 0 Å². The fraction of sp³-hybridized carbons (Fsp3) is 0.571. The molecule has 2 aromatic carbocycles. The zero-order chi connectivity index (χ0) is 22.3. The molecule has 1 nitrogen and oxygen atoms in total. The molecule has 0 amide bonds. The van der Waals surface area contributed by atoms with Gasteiger partial charge in [0.25, 0.3) is 0 Å². The van der Waals surface area contributed by atoms with Gasteiger partial charge in [-0.15, -0.1) is 0 Å². The van der Waals surface area contributed by atoms with E-state index in [9.17, 15) is 4.57 Å². The Morgan fingerprint density at radius 2 is 1.22 bits per heavy atom. The Hall–Kier alpha value is -0.511. The summed E-state index contributed by atoms with van der Waals surface area (Å²) >= 11 is 0. The number of hydrogen-bond donors (Lipinski definition) is 0. The van der Waals surface area contributed by atoms with E-state index in [2.05, 4.69) is 88.4 Å². The summed E-state index contributed by atoms with van der Waals surface area (Å²) in [6.45, 7) is 8.84. The normalized spacial score (nSPS) is 22.0. The molecule has 3 unspecified atom stereocenters. The van der Waals surface area contributed by atoms with Crippen LogP contribution in [0.15, 0.2) is 60.7 Å². The molecule has 0 saturated heterocycles. The largest absolute Gasteiger partial charge is 0.347 e. The van der Waals surface area contributed by atoms with Crippen LogP contribution in [0.25, 0.3) is 0 Å². The van der Waals surface area contributed by atoms with Crippen LogP contribution in [0, 0.1) is 5.92 Å². The SMILES string of the molecule is C1CCCC1.C[C@@H](C1CCCC1[P+](=O)C(C)(C)C)P(c1ccccc1)c1ccccc1.[Fe]. The molecule has 176 valence electrons. The monoisotopic (exact) mass is 511 g/mol. The third-order valence-corrected chi connectivity index (χ3v) is 12.3. The standard InChI is InChI=1S/C23H31OP2.C5H10.Fe/c1-18(21-16-11-17-22(21)26(24)23(2,3)4)25(19-12-7-5-8-13-19)20-14-9-6-10-15-20;1-2-4-5-3-1;/h5-10,12-15,18,21-22H,11,16-17H2,1-4H3;1-5H2;/q+1;;/t18-,21?,22?;;/m0../s1. The molecule has 2 saturated carbocycles. The molecule has 2 aromatic rings. The van der Waals surface area contributed by atoms with Gasteiger partial charge in [0.2, 0.25) is 0 Å². The van der Waals surface area contributed by atoms with Crippen molar-refractivity contribution in [2.24, 2.45) is 5.92 Å². The maximum absolute atomic E-state index is 13.2. The Labute approximate surface area is 209 Å². The van der Waals surface area contributed by atoms with Crippen molar-refractivity contribution in [1.82, 2.24) is 0 Å². The molecule has 2 aliphatic carbocycles. The first-order valence-corrected chi connectivity index (χ1v) is 15.0. The molecule has 0 heterocycles. The van der Waals surface area contributed by atoms with Crippen molar-refractivity contribution in [1.29, 1.82) is 0 Å². The first-order valence-electron chi connectivity index (χ1n) is 12.3. The Kier molecular flexibility index (Phi) is 11.6. The third-order valence-electron chi connectivity index (χ3n) is 6.84. The Morgan fingerprint density at radius 1 is 0.781 bits per heavy atom. The molecule has 2 aliphatic rings. The summed E-state index contributed by atoms with van der Waals surface area (Å²) in [6, 6.07) is 21.9. The van der Waals surface area contributed by atoms with Gasteiger partial charge in [-0.2, -0.15) is 0 Å². The summed E-state index contributed by atoms with van der Waals surface area (Å²) in [5.41, 5.74) is 0.918. The molecule has 0 radical (unpaired) electrons. The van der Waals surface area contributed by atoms with Crippen molar-refractivity contribution in [3.05, 3.63) is 60.7 Å². The van der Waals surface area contributed by atoms with Gasteiger partial charge in [-0.25, -0.2) is 0 Å². The van der Waals surface area contributed by atoms with Crippen molar-refractivity contribution < 1.29 is 21.6 Å². The zero-order valence-electron chi connectivity index (χ0n) is 20.3. The van der Waals surface area contributed by atoms with E-state index in [-0.39, 0.29) is 22.2 Å². The van der Waals surface area contributed by atoms with Gasteiger partial charge in [0.15, 0.2) is 10.8 Å². The van der Waals surface area contributed by atoms with Crippen LogP contribution in [0.4, 0.5) is 0 Å². The average Bonchev–Trinajstić information content (AvgIpc) is 3.49. The van der Waals surface area contributed by atoms with Gasteiger partial charge < -0.3 is 0 Å². The van der Waals surface area contributed by atoms with E-state index in [1.54, 1.807) is 0 Å². The average molecular weight is 511 g/mol. The molecule has 0 N–H and O–H groups in total. The quantitative estimate of drug-likeness (QED) is 0.292. The maximum Gasteiger partial charge on any atom is 0.347 e. The smallest absolute Gasteiger partial charge is 0.0739 e. The Bertz CT molecular complexity index is 752. The summed E-state index contributed by atoms with van der Waals surface area (Å²) < 4.78 is 13.2. The topological polar surface area (TPSA) is 17.1 Å². The molecule has 4 atom stereocenters.